The number of carbonyl (C=O) groups is 1. The first-order valence-electron chi connectivity index (χ1n) is 8.33. The molecule has 0 aromatic heterocycles. The van der Waals surface area contributed by atoms with Crippen LogP contribution in [0.5, 0.6) is 0 Å². The molecule has 0 rings (SSSR count). The molecule has 0 N–H and O–H groups in total. The van der Waals surface area contributed by atoms with Gasteiger partial charge in [0.25, 0.3) is 0 Å². The van der Waals surface area contributed by atoms with Gasteiger partial charge in [0, 0.05) is 29.9 Å². The van der Waals surface area contributed by atoms with Gasteiger partial charge in [-0.1, -0.05) is 25.9 Å². The molecule has 0 radical (unpaired) electrons. The molecule has 0 aliphatic carbocycles. The number of hydrogen-bond acceptors (Lipinski definition) is 6. The van der Waals surface area contributed by atoms with Crippen molar-refractivity contribution in [2.75, 3.05) is 59.4 Å². The van der Waals surface area contributed by atoms with Gasteiger partial charge < -0.3 is 18.9 Å². The maximum Gasteiger partial charge on any atom is 0.140 e. The smallest absolute Gasteiger partial charge is 0.140 e. The van der Waals surface area contributed by atoms with Gasteiger partial charge in [-0.05, 0) is 12.0 Å². The summed E-state index contributed by atoms with van der Waals surface area (Å²) in [4.78, 5) is 14.3. The number of rotatable bonds is 16. The zero-order chi connectivity index (χ0) is 18.1. The molecule has 0 heterocycles. The molecule has 0 saturated carbocycles. The van der Waals surface area contributed by atoms with Gasteiger partial charge in [-0.3, -0.25) is 4.79 Å². The maximum absolute atomic E-state index is 11.7. The van der Waals surface area contributed by atoms with Gasteiger partial charge in [-0.15, -0.1) is 0 Å². The van der Waals surface area contributed by atoms with Crippen molar-refractivity contribution in [2.45, 2.75) is 33.6 Å². The van der Waals surface area contributed by atoms with Crippen LogP contribution < -0.4 is 0 Å². The van der Waals surface area contributed by atoms with Crippen LogP contribution in [0.3, 0.4) is 0 Å². The average Bonchev–Trinajstić information content (AvgIpc) is 2.53. The van der Waals surface area contributed by atoms with Crippen LogP contribution in [0, 0.1) is 5.41 Å². The molecule has 0 atom stereocenters. The highest BCUT2D eigenvalue weighted by molar-refractivity contribution is 5.83. The van der Waals surface area contributed by atoms with Gasteiger partial charge in [0.15, 0.2) is 0 Å². The molecule has 0 aromatic carbocycles. The molecule has 0 aliphatic heterocycles. The van der Waals surface area contributed by atoms with E-state index in [2.05, 4.69) is 10.0 Å². The predicted octanol–water partition coefficient (Wildman–Crippen LogP) is 2.76. The molecular formula is C16H31N3O5. The van der Waals surface area contributed by atoms with Crippen LogP contribution >= 0.6 is 0 Å². The van der Waals surface area contributed by atoms with Crippen molar-refractivity contribution in [3.8, 4) is 0 Å². The highest BCUT2D eigenvalue weighted by Crippen LogP contribution is 2.16. The van der Waals surface area contributed by atoms with E-state index in [9.17, 15) is 4.79 Å². The summed E-state index contributed by atoms with van der Waals surface area (Å²) in [7, 11) is 0. The van der Waals surface area contributed by atoms with Crippen molar-refractivity contribution in [2.24, 2.45) is 10.5 Å². The summed E-state index contributed by atoms with van der Waals surface area (Å²) in [5, 5.41) is 3.41. The van der Waals surface area contributed by atoms with Crippen LogP contribution in [0.25, 0.3) is 10.4 Å². The first kappa shape index (κ1) is 22.8. The minimum Gasteiger partial charge on any atom is -0.379 e. The van der Waals surface area contributed by atoms with Gasteiger partial charge >= 0.3 is 0 Å². The van der Waals surface area contributed by atoms with E-state index >= 15 is 0 Å². The predicted molar refractivity (Wildman–Crippen MR) is 91.0 cm³/mol. The zero-order valence-corrected chi connectivity index (χ0v) is 15.2. The quantitative estimate of drug-likeness (QED) is 0.185. The van der Waals surface area contributed by atoms with Crippen molar-refractivity contribution >= 4 is 5.78 Å². The molecular weight excluding hydrogens is 314 g/mol. The van der Waals surface area contributed by atoms with Gasteiger partial charge in [0.1, 0.15) is 5.78 Å². The third-order valence-corrected chi connectivity index (χ3v) is 3.04. The lowest BCUT2D eigenvalue weighted by Crippen LogP contribution is -2.22. The summed E-state index contributed by atoms with van der Waals surface area (Å²) in [6.45, 7) is 10.2. The molecule has 0 aromatic rings. The van der Waals surface area contributed by atoms with E-state index in [1.165, 1.54) is 0 Å². The SMILES string of the molecule is CC(C)(C)C(=O)CCOCCOCCOCCOCCCN=[N+]=[N-]. The van der Waals surface area contributed by atoms with Gasteiger partial charge in [-0.25, -0.2) is 0 Å². The van der Waals surface area contributed by atoms with Gasteiger partial charge in [-0.2, -0.15) is 0 Å². The summed E-state index contributed by atoms with van der Waals surface area (Å²) in [5.74, 6) is 0.205. The molecule has 0 bridgehead atoms. The first-order chi connectivity index (χ1) is 11.5. The Morgan fingerprint density at radius 2 is 1.33 bits per heavy atom. The number of carbonyl (C=O) groups excluding carboxylic acids is 1. The lowest BCUT2D eigenvalue weighted by atomic mass is 9.89. The lowest BCUT2D eigenvalue weighted by molar-refractivity contribution is -0.127. The van der Waals surface area contributed by atoms with Crippen molar-refractivity contribution in [3.05, 3.63) is 10.4 Å². The lowest BCUT2D eigenvalue weighted by Gasteiger charge is -2.16. The molecule has 0 spiro atoms. The number of ether oxygens (including phenoxy) is 4. The second kappa shape index (κ2) is 15.4. The van der Waals surface area contributed by atoms with E-state index in [1.807, 2.05) is 20.8 Å². The fourth-order valence-electron chi connectivity index (χ4n) is 1.58. The van der Waals surface area contributed by atoms with Crippen LogP contribution in [0.2, 0.25) is 0 Å². The molecule has 0 fully saturated rings. The Labute approximate surface area is 144 Å². The van der Waals surface area contributed by atoms with Crippen molar-refractivity contribution in [3.63, 3.8) is 0 Å². The fourth-order valence-corrected chi connectivity index (χ4v) is 1.58. The Hall–Kier alpha value is -1.18. The molecule has 0 unspecified atom stereocenters. The Morgan fingerprint density at radius 3 is 1.79 bits per heavy atom. The van der Waals surface area contributed by atoms with Crippen LogP contribution in [0.15, 0.2) is 5.11 Å². The van der Waals surface area contributed by atoms with Crippen LogP contribution in [0.4, 0.5) is 0 Å². The summed E-state index contributed by atoms with van der Waals surface area (Å²) in [6.07, 6.45) is 1.16. The van der Waals surface area contributed by atoms with E-state index in [-0.39, 0.29) is 11.2 Å². The third-order valence-electron chi connectivity index (χ3n) is 3.04. The topological polar surface area (TPSA) is 103 Å². The van der Waals surface area contributed by atoms with E-state index in [0.29, 0.717) is 72.2 Å². The van der Waals surface area contributed by atoms with Crippen LogP contribution in [-0.2, 0) is 23.7 Å². The Kier molecular flexibility index (Phi) is 14.6. The monoisotopic (exact) mass is 345 g/mol. The summed E-state index contributed by atoms with van der Waals surface area (Å²) in [5.41, 5.74) is 7.79. The summed E-state index contributed by atoms with van der Waals surface area (Å²) >= 11 is 0. The second-order valence-electron chi connectivity index (χ2n) is 6.18. The minimum atomic E-state index is -0.300. The van der Waals surface area contributed by atoms with Crippen molar-refractivity contribution < 1.29 is 23.7 Å². The zero-order valence-electron chi connectivity index (χ0n) is 15.2. The molecule has 24 heavy (non-hydrogen) atoms. The number of ketones is 1. The molecule has 0 aliphatic rings. The number of Topliss-reactive ketones (excluding diaryl/α,β-unsaturated/α-hetero) is 1. The third kappa shape index (κ3) is 15.7. The standard InChI is InChI=1S/C16H31N3O5/c1-16(2,3)15(20)5-8-22-10-12-24-14-13-23-11-9-21-7-4-6-18-19-17/h4-14H2,1-3H3. The molecule has 0 saturated heterocycles. The number of hydrogen-bond donors (Lipinski definition) is 0. The summed E-state index contributed by atoms with van der Waals surface area (Å²) in [6, 6.07) is 0. The minimum absolute atomic E-state index is 0.205. The second-order valence-corrected chi connectivity index (χ2v) is 6.18. The first-order valence-corrected chi connectivity index (χ1v) is 8.33. The van der Waals surface area contributed by atoms with E-state index < -0.39 is 0 Å². The van der Waals surface area contributed by atoms with Crippen molar-refractivity contribution in [1.82, 2.24) is 0 Å². The molecule has 8 nitrogen and oxygen atoms in total. The van der Waals surface area contributed by atoms with E-state index in [1.54, 1.807) is 0 Å². The normalized spacial score (nSPS) is 11.3. The Balaban J connectivity index is 3.15. The van der Waals surface area contributed by atoms with E-state index in [4.69, 9.17) is 24.5 Å². The van der Waals surface area contributed by atoms with E-state index in [0.717, 1.165) is 0 Å². The number of azide groups is 1. The average molecular weight is 345 g/mol. The van der Waals surface area contributed by atoms with Gasteiger partial charge in [0.2, 0.25) is 0 Å². The van der Waals surface area contributed by atoms with Crippen LogP contribution in [-0.4, -0.2) is 65.2 Å². The fraction of sp³-hybridized carbons (Fsp3) is 0.938. The maximum atomic E-state index is 11.7. The molecule has 0 amide bonds. The highest BCUT2D eigenvalue weighted by Gasteiger charge is 2.20. The molecule has 140 valence electrons. The number of nitrogens with zero attached hydrogens (tertiary/aromatic N) is 3. The van der Waals surface area contributed by atoms with Crippen LogP contribution in [0.1, 0.15) is 33.6 Å². The molecule has 8 heteroatoms. The van der Waals surface area contributed by atoms with Crippen molar-refractivity contribution in [1.29, 1.82) is 0 Å². The Bertz CT molecular complexity index is 365. The Morgan fingerprint density at radius 1 is 0.875 bits per heavy atom. The van der Waals surface area contributed by atoms with Gasteiger partial charge in [0.05, 0.1) is 46.2 Å². The highest BCUT2D eigenvalue weighted by atomic mass is 16.6. The largest absolute Gasteiger partial charge is 0.379 e. The summed E-state index contributed by atoms with van der Waals surface area (Å²) < 4.78 is 21.4.